The van der Waals surface area contributed by atoms with Gasteiger partial charge in [0.15, 0.2) is 0 Å². The molecule has 1 aliphatic rings. The zero-order valence-corrected chi connectivity index (χ0v) is 16.8. The minimum absolute atomic E-state index is 0.232. The van der Waals surface area contributed by atoms with Crippen molar-refractivity contribution in [3.05, 3.63) is 76.0 Å². The van der Waals surface area contributed by atoms with Gasteiger partial charge in [-0.05, 0) is 36.2 Å². The van der Waals surface area contributed by atoms with Gasteiger partial charge in [-0.1, -0.05) is 46.3 Å². The van der Waals surface area contributed by atoms with Crippen LogP contribution in [0.1, 0.15) is 23.6 Å². The van der Waals surface area contributed by atoms with Gasteiger partial charge in [-0.25, -0.2) is 9.53 Å². The fourth-order valence-electron chi connectivity index (χ4n) is 3.20. The van der Waals surface area contributed by atoms with E-state index in [-0.39, 0.29) is 12.2 Å². The first kappa shape index (κ1) is 19.2. The maximum absolute atomic E-state index is 12.8. The molecule has 140 valence electrons. The van der Waals surface area contributed by atoms with Crippen LogP contribution in [-0.2, 0) is 9.53 Å². The van der Waals surface area contributed by atoms with E-state index in [2.05, 4.69) is 15.9 Å². The van der Waals surface area contributed by atoms with Gasteiger partial charge in [-0.3, -0.25) is 0 Å². The van der Waals surface area contributed by atoms with Gasteiger partial charge in [-0.2, -0.15) is 0 Å². The van der Waals surface area contributed by atoms with Gasteiger partial charge in [0.05, 0.1) is 18.8 Å². The molecule has 2 aromatic rings. The SMILES string of the molecule is CCOC(=O)C1=C(c2ccccc2)c2ccc(OCCBr)cc2/C1=[N+](/C)[O-]. The van der Waals surface area contributed by atoms with E-state index in [9.17, 15) is 10.0 Å². The number of hydrogen-bond donors (Lipinski definition) is 0. The lowest BCUT2D eigenvalue weighted by Gasteiger charge is -2.09. The van der Waals surface area contributed by atoms with Crippen molar-refractivity contribution in [1.29, 1.82) is 0 Å². The third-order valence-corrected chi connectivity index (χ3v) is 4.53. The summed E-state index contributed by atoms with van der Waals surface area (Å²) in [5, 5.41) is 13.1. The maximum atomic E-state index is 12.8. The average molecular weight is 430 g/mol. The van der Waals surface area contributed by atoms with Gasteiger partial charge in [0.1, 0.15) is 18.4 Å². The zero-order valence-electron chi connectivity index (χ0n) is 15.2. The van der Waals surface area contributed by atoms with Crippen molar-refractivity contribution >= 4 is 33.2 Å². The number of alkyl halides is 1. The molecule has 0 radical (unpaired) electrons. The molecule has 0 unspecified atom stereocenters. The second-order valence-corrected chi connectivity index (χ2v) is 6.72. The molecule has 0 amide bonds. The van der Waals surface area contributed by atoms with Gasteiger partial charge in [0, 0.05) is 10.9 Å². The molecule has 0 saturated heterocycles. The van der Waals surface area contributed by atoms with Gasteiger partial charge in [0.2, 0.25) is 5.71 Å². The number of halogens is 1. The lowest BCUT2D eigenvalue weighted by atomic mass is 9.97. The zero-order chi connectivity index (χ0) is 19.4. The predicted octanol–water partition coefficient (Wildman–Crippen LogP) is 3.77. The number of rotatable bonds is 6. The Kier molecular flexibility index (Phi) is 5.96. The highest BCUT2D eigenvalue weighted by Crippen LogP contribution is 2.39. The summed E-state index contributed by atoms with van der Waals surface area (Å²) in [7, 11) is 1.39. The van der Waals surface area contributed by atoms with E-state index in [0.29, 0.717) is 34.5 Å². The van der Waals surface area contributed by atoms with E-state index < -0.39 is 5.97 Å². The highest BCUT2D eigenvalue weighted by molar-refractivity contribution is 9.09. The standard InChI is InChI=1S/C21H20BrNO4/c1-3-26-21(24)19-18(14-7-5-4-6-8-14)16-10-9-15(27-12-11-22)13-17(16)20(19)23(2)25/h4-10,13H,3,11-12H2,1-2H3/b23-20+. The van der Waals surface area contributed by atoms with Crippen LogP contribution in [0, 0.1) is 5.21 Å². The van der Waals surface area contributed by atoms with Gasteiger partial charge < -0.3 is 14.7 Å². The van der Waals surface area contributed by atoms with E-state index in [0.717, 1.165) is 15.9 Å². The van der Waals surface area contributed by atoms with Crippen molar-refractivity contribution in [3.63, 3.8) is 0 Å². The summed E-state index contributed by atoms with van der Waals surface area (Å²) in [6, 6.07) is 15.1. The number of hydroxylamine groups is 1. The summed E-state index contributed by atoms with van der Waals surface area (Å²) in [6.07, 6.45) is 0. The second-order valence-electron chi connectivity index (χ2n) is 5.93. The number of carbonyl (C=O) groups excluding carboxylic acids is 1. The van der Waals surface area contributed by atoms with Crippen LogP contribution in [0.25, 0.3) is 5.57 Å². The van der Waals surface area contributed by atoms with Crippen LogP contribution in [0.15, 0.2) is 54.1 Å². The minimum atomic E-state index is -0.506. The molecule has 1 aliphatic carbocycles. The Hall–Kier alpha value is -2.60. The van der Waals surface area contributed by atoms with Crippen molar-refractivity contribution in [3.8, 4) is 5.75 Å². The fourth-order valence-corrected chi connectivity index (χ4v) is 3.37. The monoisotopic (exact) mass is 429 g/mol. The lowest BCUT2D eigenvalue weighted by molar-refractivity contribution is -0.421. The molecule has 0 N–H and O–H groups in total. The summed E-state index contributed by atoms with van der Waals surface area (Å²) >= 11 is 3.33. The van der Waals surface area contributed by atoms with E-state index in [4.69, 9.17) is 9.47 Å². The first-order valence-corrected chi connectivity index (χ1v) is 9.79. The van der Waals surface area contributed by atoms with Crippen LogP contribution >= 0.6 is 15.9 Å². The van der Waals surface area contributed by atoms with E-state index in [1.165, 1.54) is 7.05 Å². The predicted molar refractivity (Wildman–Crippen MR) is 108 cm³/mol. The minimum Gasteiger partial charge on any atom is -0.624 e. The van der Waals surface area contributed by atoms with Crippen molar-refractivity contribution in [1.82, 2.24) is 0 Å². The number of carbonyl (C=O) groups is 1. The quantitative estimate of drug-likeness (QED) is 0.230. The number of ether oxygens (including phenoxy) is 2. The molecule has 0 aromatic heterocycles. The molecular formula is C21H20BrNO4. The summed E-state index contributed by atoms with van der Waals surface area (Å²) in [5.74, 6) is 0.137. The fraction of sp³-hybridized carbons (Fsp3) is 0.238. The van der Waals surface area contributed by atoms with Gasteiger partial charge in [0.25, 0.3) is 0 Å². The second kappa shape index (κ2) is 8.39. The Morgan fingerprint density at radius 2 is 1.89 bits per heavy atom. The Labute approximate surface area is 166 Å². The largest absolute Gasteiger partial charge is 0.624 e. The van der Waals surface area contributed by atoms with Crippen LogP contribution in [0.5, 0.6) is 5.75 Å². The van der Waals surface area contributed by atoms with Crippen LogP contribution in [0.3, 0.4) is 0 Å². The molecule has 27 heavy (non-hydrogen) atoms. The van der Waals surface area contributed by atoms with E-state index in [1.807, 2.05) is 42.5 Å². The van der Waals surface area contributed by atoms with Crippen LogP contribution in [0.2, 0.25) is 0 Å². The molecule has 0 aliphatic heterocycles. The molecule has 0 heterocycles. The smallest absolute Gasteiger partial charge is 0.345 e. The molecule has 0 atom stereocenters. The lowest BCUT2D eigenvalue weighted by Crippen LogP contribution is -2.21. The summed E-state index contributed by atoms with van der Waals surface area (Å²) < 4.78 is 11.7. The van der Waals surface area contributed by atoms with Crippen molar-refractivity contribution in [2.45, 2.75) is 6.92 Å². The first-order chi connectivity index (χ1) is 13.1. The third kappa shape index (κ3) is 3.76. The van der Waals surface area contributed by atoms with Crippen LogP contribution in [0.4, 0.5) is 0 Å². The highest BCUT2D eigenvalue weighted by atomic mass is 79.9. The average Bonchev–Trinajstić information content (AvgIpc) is 3.02. The molecule has 6 heteroatoms. The number of hydrogen-bond acceptors (Lipinski definition) is 4. The number of benzene rings is 2. The molecule has 0 spiro atoms. The van der Waals surface area contributed by atoms with Crippen LogP contribution < -0.4 is 4.74 Å². The van der Waals surface area contributed by atoms with E-state index >= 15 is 0 Å². The Morgan fingerprint density at radius 1 is 1.15 bits per heavy atom. The molecule has 5 nitrogen and oxygen atoms in total. The number of fused-ring (bicyclic) bond motifs is 1. The van der Waals surface area contributed by atoms with E-state index in [1.54, 1.807) is 13.0 Å². The van der Waals surface area contributed by atoms with Gasteiger partial charge >= 0.3 is 5.97 Å². The molecule has 2 aromatic carbocycles. The Balaban J connectivity index is 2.24. The number of esters is 1. The molecule has 0 saturated carbocycles. The first-order valence-electron chi connectivity index (χ1n) is 8.67. The van der Waals surface area contributed by atoms with Crippen molar-refractivity contribution in [2.24, 2.45) is 0 Å². The molecule has 0 fully saturated rings. The number of nitrogens with zero attached hydrogens (tertiary/aromatic N) is 1. The summed E-state index contributed by atoms with van der Waals surface area (Å²) in [6.45, 7) is 2.48. The Bertz CT molecular complexity index is 915. The third-order valence-electron chi connectivity index (χ3n) is 4.21. The van der Waals surface area contributed by atoms with Crippen molar-refractivity contribution < 1.29 is 19.0 Å². The highest BCUT2D eigenvalue weighted by Gasteiger charge is 2.38. The topological polar surface area (TPSA) is 61.6 Å². The van der Waals surface area contributed by atoms with Crippen molar-refractivity contribution in [2.75, 3.05) is 25.6 Å². The molecule has 3 rings (SSSR count). The molecular weight excluding hydrogens is 410 g/mol. The molecule has 0 bridgehead atoms. The maximum Gasteiger partial charge on any atom is 0.345 e. The summed E-state index contributed by atoms with van der Waals surface area (Å²) in [4.78, 5) is 12.8. The summed E-state index contributed by atoms with van der Waals surface area (Å²) in [5.41, 5.74) is 3.62. The van der Waals surface area contributed by atoms with Crippen LogP contribution in [-0.4, -0.2) is 42.0 Å². The normalized spacial score (nSPS) is 14.8. The Morgan fingerprint density at radius 3 is 2.52 bits per heavy atom. The van der Waals surface area contributed by atoms with Gasteiger partial charge in [-0.15, -0.1) is 0 Å².